The van der Waals surface area contributed by atoms with Crippen LogP contribution in [0.4, 0.5) is 5.69 Å². The van der Waals surface area contributed by atoms with E-state index in [1.807, 2.05) is 31.4 Å². The van der Waals surface area contributed by atoms with Gasteiger partial charge in [0.05, 0.1) is 18.9 Å². The molecule has 0 aliphatic rings. The van der Waals surface area contributed by atoms with Crippen molar-refractivity contribution in [3.63, 3.8) is 0 Å². The summed E-state index contributed by atoms with van der Waals surface area (Å²) < 4.78 is 7.14. The molecule has 0 radical (unpaired) electrons. The first-order valence-corrected chi connectivity index (χ1v) is 7.99. The molecule has 2 aromatic rings. The smallest absolute Gasteiger partial charge is 0.249 e. The zero-order chi connectivity index (χ0) is 18.6. The van der Waals surface area contributed by atoms with E-state index in [9.17, 15) is 14.9 Å². The normalized spacial score (nSPS) is 11.5. The maximum absolute atomic E-state index is 12.7. The fourth-order valence-corrected chi connectivity index (χ4v) is 2.88. The Labute approximate surface area is 147 Å². The lowest BCUT2D eigenvalue weighted by Gasteiger charge is -2.12. The lowest BCUT2D eigenvalue weighted by Crippen LogP contribution is -2.29. The first-order valence-electron chi connectivity index (χ1n) is 7.99. The summed E-state index contributed by atoms with van der Waals surface area (Å²) in [6.07, 6.45) is 0. The highest BCUT2D eigenvalue weighted by Gasteiger charge is 2.30. The van der Waals surface area contributed by atoms with E-state index in [0.29, 0.717) is 17.0 Å². The summed E-state index contributed by atoms with van der Waals surface area (Å²) in [4.78, 5) is 25.2. The fraction of sp³-hybridized carbons (Fsp3) is 0.316. The number of methoxy groups -OCH3 is 1. The molecule has 1 N–H and O–H groups in total. The van der Waals surface area contributed by atoms with Crippen LogP contribution in [0.25, 0.3) is 0 Å². The number of para-hydroxylation sites is 2. The zero-order valence-electron chi connectivity index (χ0n) is 14.8. The van der Waals surface area contributed by atoms with Gasteiger partial charge in [0.1, 0.15) is 5.75 Å². The van der Waals surface area contributed by atoms with Gasteiger partial charge in [0.25, 0.3) is 0 Å². The van der Waals surface area contributed by atoms with Crippen molar-refractivity contribution in [3.05, 3.63) is 47.3 Å². The third-order valence-corrected chi connectivity index (χ3v) is 4.17. The van der Waals surface area contributed by atoms with Gasteiger partial charge in [-0.2, -0.15) is 5.26 Å². The summed E-state index contributed by atoms with van der Waals surface area (Å²) in [5.74, 6) is -2.12. The molecule has 6 nitrogen and oxygen atoms in total. The number of aryl methyl sites for hydroxylation is 1. The van der Waals surface area contributed by atoms with Gasteiger partial charge in [-0.3, -0.25) is 9.59 Å². The molecule has 1 heterocycles. The molecule has 0 fully saturated rings. The van der Waals surface area contributed by atoms with Crippen molar-refractivity contribution >= 4 is 17.4 Å². The van der Waals surface area contributed by atoms with E-state index in [0.717, 1.165) is 17.9 Å². The Kier molecular flexibility index (Phi) is 5.60. The van der Waals surface area contributed by atoms with Crippen LogP contribution < -0.4 is 10.1 Å². The Morgan fingerprint density at radius 1 is 1.32 bits per heavy atom. The van der Waals surface area contributed by atoms with Crippen molar-refractivity contribution in [3.8, 4) is 11.8 Å². The Morgan fingerprint density at radius 3 is 2.56 bits per heavy atom. The fourth-order valence-electron chi connectivity index (χ4n) is 2.88. The SMILES string of the molecule is CCn1c(C)cc(C(=O)[C@@H](C#N)C(=O)Nc2ccccc2OC)c1C. The van der Waals surface area contributed by atoms with Crippen molar-refractivity contribution in [2.75, 3.05) is 12.4 Å². The number of rotatable bonds is 6. The molecule has 130 valence electrons. The number of nitrogens with zero attached hydrogens (tertiary/aromatic N) is 2. The third-order valence-electron chi connectivity index (χ3n) is 4.17. The van der Waals surface area contributed by atoms with Gasteiger partial charge in [-0.25, -0.2) is 0 Å². The van der Waals surface area contributed by atoms with E-state index in [1.165, 1.54) is 7.11 Å². The zero-order valence-corrected chi connectivity index (χ0v) is 14.8. The summed E-state index contributed by atoms with van der Waals surface area (Å²) in [6.45, 7) is 6.40. The summed E-state index contributed by atoms with van der Waals surface area (Å²) >= 11 is 0. The third kappa shape index (κ3) is 3.56. The van der Waals surface area contributed by atoms with E-state index in [1.54, 1.807) is 30.3 Å². The van der Waals surface area contributed by atoms with E-state index < -0.39 is 17.6 Å². The second-order valence-corrected chi connectivity index (χ2v) is 5.64. The van der Waals surface area contributed by atoms with Crippen molar-refractivity contribution in [2.24, 2.45) is 5.92 Å². The molecule has 25 heavy (non-hydrogen) atoms. The van der Waals surface area contributed by atoms with E-state index >= 15 is 0 Å². The van der Waals surface area contributed by atoms with Gasteiger partial charge in [-0.15, -0.1) is 0 Å². The predicted molar refractivity (Wildman–Crippen MR) is 94.6 cm³/mol. The highest BCUT2D eigenvalue weighted by Crippen LogP contribution is 2.25. The molecule has 0 saturated carbocycles. The molecule has 6 heteroatoms. The Hall–Kier alpha value is -3.07. The number of ketones is 1. The van der Waals surface area contributed by atoms with Crippen LogP contribution in [-0.4, -0.2) is 23.4 Å². The van der Waals surface area contributed by atoms with Gasteiger partial charge in [-0.1, -0.05) is 12.1 Å². The number of benzene rings is 1. The molecule has 2 rings (SSSR count). The molecule has 0 spiro atoms. The summed E-state index contributed by atoms with van der Waals surface area (Å²) in [5, 5.41) is 12.0. The van der Waals surface area contributed by atoms with Crippen LogP contribution in [0.3, 0.4) is 0 Å². The van der Waals surface area contributed by atoms with Gasteiger partial charge in [0.2, 0.25) is 5.91 Å². The molecular weight excluding hydrogens is 318 g/mol. The Bertz CT molecular complexity index is 846. The number of hydrogen-bond acceptors (Lipinski definition) is 4. The average Bonchev–Trinajstić information content (AvgIpc) is 2.89. The van der Waals surface area contributed by atoms with Gasteiger partial charge in [0.15, 0.2) is 11.7 Å². The molecule has 1 aromatic heterocycles. The minimum absolute atomic E-state index is 0.404. The minimum Gasteiger partial charge on any atom is -0.495 e. The van der Waals surface area contributed by atoms with Gasteiger partial charge >= 0.3 is 0 Å². The second kappa shape index (κ2) is 7.67. The predicted octanol–water partition coefficient (Wildman–Crippen LogP) is 3.09. The number of carbonyl (C=O) groups excluding carboxylic acids is 2. The molecule has 0 unspecified atom stereocenters. The van der Waals surface area contributed by atoms with Crippen molar-refractivity contribution < 1.29 is 14.3 Å². The lowest BCUT2D eigenvalue weighted by molar-refractivity contribution is -0.117. The molecule has 0 bridgehead atoms. The minimum atomic E-state index is -1.42. The van der Waals surface area contributed by atoms with Crippen LogP contribution in [0.15, 0.2) is 30.3 Å². The second-order valence-electron chi connectivity index (χ2n) is 5.64. The highest BCUT2D eigenvalue weighted by atomic mass is 16.5. The number of ether oxygens (including phenoxy) is 1. The van der Waals surface area contributed by atoms with Crippen LogP contribution in [0, 0.1) is 31.1 Å². The summed E-state index contributed by atoms with van der Waals surface area (Å²) in [5.41, 5.74) is 2.50. The summed E-state index contributed by atoms with van der Waals surface area (Å²) in [7, 11) is 1.48. The first kappa shape index (κ1) is 18.3. The summed E-state index contributed by atoms with van der Waals surface area (Å²) in [6, 6.07) is 10.4. The van der Waals surface area contributed by atoms with Gasteiger partial charge in [-0.05, 0) is 39.0 Å². The number of hydrogen-bond donors (Lipinski definition) is 1. The van der Waals surface area contributed by atoms with Crippen LogP contribution in [0.5, 0.6) is 5.75 Å². The van der Waals surface area contributed by atoms with Crippen LogP contribution >= 0.6 is 0 Å². The monoisotopic (exact) mass is 339 g/mol. The van der Waals surface area contributed by atoms with Gasteiger partial charge < -0.3 is 14.6 Å². The number of nitrogens with one attached hydrogen (secondary N) is 1. The topological polar surface area (TPSA) is 84.1 Å². The van der Waals surface area contributed by atoms with Crippen molar-refractivity contribution in [2.45, 2.75) is 27.3 Å². The maximum atomic E-state index is 12.7. The highest BCUT2D eigenvalue weighted by molar-refractivity contribution is 6.16. The number of aromatic nitrogens is 1. The maximum Gasteiger partial charge on any atom is 0.249 e. The number of nitriles is 1. The molecule has 1 amide bonds. The number of Topliss-reactive ketones (excluding diaryl/α,β-unsaturated/α-hetero) is 1. The number of anilines is 1. The number of carbonyl (C=O) groups is 2. The van der Waals surface area contributed by atoms with Crippen LogP contribution in [-0.2, 0) is 11.3 Å². The molecule has 1 aromatic carbocycles. The van der Waals surface area contributed by atoms with Crippen LogP contribution in [0.2, 0.25) is 0 Å². The Morgan fingerprint density at radius 2 is 2.00 bits per heavy atom. The van der Waals surface area contributed by atoms with Crippen molar-refractivity contribution in [1.29, 1.82) is 5.26 Å². The van der Waals surface area contributed by atoms with Crippen LogP contribution in [0.1, 0.15) is 28.7 Å². The van der Waals surface area contributed by atoms with E-state index in [-0.39, 0.29) is 0 Å². The van der Waals surface area contributed by atoms with Crippen molar-refractivity contribution in [1.82, 2.24) is 4.57 Å². The largest absolute Gasteiger partial charge is 0.495 e. The van der Waals surface area contributed by atoms with Gasteiger partial charge in [0, 0.05) is 23.5 Å². The standard InChI is InChI=1S/C19H21N3O3/c1-5-22-12(2)10-14(13(22)3)18(23)15(11-20)19(24)21-16-8-6-7-9-17(16)25-4/h6-10,15H,5H2,1-4H3,(H,21,24)/t15-/m1/s1. The molecule has 0 aliphatic heterocycles. The first-order chi connectivity index (χ1) is 11.9. The average molecular weight is 339 g/mol. The quantitative estimate of drug-likeness (QED) is 0.647. The lowest BCUT2D eigenvalue weighted by atomic mass is 9.98. The molecule has 0 aliphatic carbocycles. The number of amides is 1. The molecule has 0 saturated heterocycles. The van der Waals surface area contributed by atoms with E-state index in [2.05, 4.69) is 5.32 Å². The molecular formula is C19H21N3O3. The van der Waals surface area contributed by atoms with E-state index in [4.69, 9.17) is 4.74 Å². The Balaban J connectivity index is 2.29. The molecule has 1 atom stereocenters.